The predicted molar refractivity (Wildman–Crippen MR) is 108 cm³/mol. The summed E-state index contributed by atoms with van der Waals surface area (Å²) in [5.74, 6) is -1.37. The second-order valence-corrected chi connectivity index (χ2v) is 6.75. The molecule has 0 saturated carbocycles. The summed E-state index contributed by atoms with van der Waals surface area (Å²) in [6.07, 6.45) is -0.126. The summed E-state index contributed by atoms with van der Waals surface area (Å²) in [5.41, 5.74) is 5.07. The Kier molecular flexibility index (Phi) is 7.83. The summed E-state index contributed by atoms with van der Waals surface area (Å²) in [7, 11) is 2.91. The highest BCUT2D eigenvalue weighted by Gasteiger charge is 2.19. The number of carboxylic acid groups (broad SMARTS) is 1. The molecule has 0 aliphatic rings. The maximum absolute atomic E-state index is 12.4. The number of aliphatic carboxylic acids is 1. The zero-order chi connectivity index (χ0) is 23.1. The molecule has 2 aromatic rings. The lowest BCUT2D eigenvalue weighted by molar-refractivity contribution is -0.308. The third-order valence-electron chi connectivity index (χ3n) is 4.72. The van der Waals surface area contributed by atoms with Crippen LogP contribution < -0.4 is 36.6 Å². The molecular formula is C20H24N3O8-. The summed E-state index contributed by atoms with van der Waals surface area (Å²) in [5, 5.41) is 16.5. The highest BCUT2D eigenvalue weighted by atomic mass is 16.5. The lowest BCUT2D eigenvalue weighted by Gasteiger charge is -2.20. The number of fused-ring (bicyclic) bond motifs is 1. The number of carbonyl (C=O) groups is 3. The molecule has 0 aliphatic carbocycles. The summed E-state index contributed by atoms with van der Waals surface area (Å²) in [6, 6.07) is 1.11. The molecule has 1 aromatic carbocycles. The SMILES string of the molecule is COc1cc2oc(=O)c(CC(=O)N[C@@H](CCCNC(N)=O)C(=O)[O-])c(C)c2cc1OC. The Morgan fingerprint density at radius 3 is 2.42 bits per heavy atom. The molecule has 0 aliphatic heterocycles. The Hall–Kier alpha value is -3.76. The normalized spacial score (nSPS) is 11.6. The van der Waals surface area contributed by atoms with Crippen molar-refractivity contribution in [2.24, 2.45) is 5.73 Å². The van der Waals surface area contributed by atoms with Gasteiger partial charge in [0.25, 0.3) is 0 Å². The summed E-state index contributed by atoms with van der Waals surface area (Å²) < 4.78 is 15.8. The van der Waals surface area contributed by atoms with Gasteiger partial charge in [-0.15, -0.1) is 0 Å². The Balaban J connectivity index is 2.21. The molecule has 168 valence electrons. The van der Waals surface area contributed by atoms with Gasteiger partial charge in [-0.2, -0.15) is 0 Å². The van der Waals surface area contributed by atoms with E-state index in [0.717, 1.165) is 0 Å². The molecule has 1 heterocycles. The Bertz CT molecular complexity index is 1050. The number of rotatable bonds is 10. The quantitative estimate of drug-likeness (QED) is 0.326. The fourth-order valence-electron chi connectivity index (χ4n) is 3.09. The third-order valence-corrected chi connectivity index (χ3v) is 4.72. The first kappa shape index (κ1) is 23.5. The molecule has 1 atom stereocenters. The van der Waals surface area contributed by atoms with Gasteiger partial charge in [-0.25, -0.2) is 9.59 Å². The van der Waals surface area contributed by atoms with Crippen molar-refractivity contribution in [3.8, 4) is 11.5 Å². The molecule has 31 heavy (non-hydrogen) atoms. The van der Waals surface area contributed by atoms with E-state index in [1.54, 1.807) is 13.0 Å². The number of hydrogen-bond acceptors (Lipinski definition) is 8. The Labute approximate surface area is 177 Å². The van der Waals surface area contributed by atoms with Crippen molar-refractivity contribution in [2.45, 2.75) is 32.2 Å². The maximum atomic E-state index is 12.4. The molecule has 0 bridgehead atoms. The van der Waals surface area contributed by atoms with E-state index < -0.39 is 29.6 Å². The summed E-state index contributed by atoms with van der Waals surface area (Å²) >= 11 is 0. The molecule has 4 N–H and O–H groups in total. The number of nitrogens with one attached hydrogen (secondary N) is 2. The fraction of sp³-hybridized carbons (Fsp3) is 0.400. The Morgan fingerprint density at radius 2 is 1.84 bits per heavy atom. The first-order chi connectivity index (χ1) is 14.7. The van der Waals surface area contributed by atoms with Gasteiger partial charge in [-0.1, -0.05) is 0 Å². The number of benzene rings is 1. The molecule has 0 saturated heterocycles. The van der Waals surface area contributed by atoms with E-state index in [0.29, 0.717) is 22.4 Å². The smallest absolute Gasteiger partial charge is 0.340 e. The third kappa shape index (κ3) is 5.87. The van der Waals surface area contributed by atoms with Gasteiger partial charge in [0.1, 0.15) is 5.58 Å². The van der Waals surface area contributed by atoms with Crippen LogP contribution in [0.3, 0.4) is 0 Å². The van der Waals surface area contributed by atoms with Crippen molar-refractivity contribution in [1.82, 2.24) is 10.6 Å². The van der Waals surface area contributed by atoms with Gasteiger partial charge in [0, 0.05) is 18.0 Å². The van der Waals surface area contributed by atoms with E-state index >= 15 is 0 Å². The fourth-order valence-corrected chi connectivity index (χ4v) is 3.09. The number of amides is 3. The van der Waals surface area contributed by atoms with Crippen LogP contribution in [0.15, 0.2) is 21.3 Å². The minimum atomic E-state index is -1.48. The van der Waals surface area contributed by atoms with Gasteiger partial charge in [0.2, 0.25) is 5.91 Å². The van der Waals surface area contributed by atoms with Gasteiger partial charge in [-0.05, 0) is 31.4 Å². The van der Waals surface area contributed by atoms with Crippen LogP contribution in [0.1, 0.15) is 24.0 Å². The summed E-state index contributed by atoms with van der Waals surface area (Å²) in [4.78, 5) is 46.8. The average molecular weight is 434 g/mol. The van der Waals surface area contributed by atoms with Crippen molar-refractivity contribution in [2.75, 3.05) is 20.8 Å². The number of nitrogens with two attached hydrogens (primary N) is 1. The van der Waals surface area contributed by atoms with E-state index in [2.05, 4.69) is 10.6 Å². The van der Waals surface area contributed by atoms with Crippen LogP contribution in [-0.4, -0.2) is 44.7 Å². The van der Waals surface area contributed by atoms with Crippen LogP contribution >= 0.6 is 0 Å². The topological polar surface area (TPSA) is 173 Å². The number of methoxy groups -OCH3 is 2. The van der Waals surface area contributed by atoms with E-state index in [1.165, 1.54) is 20.3 Å². The van der Waals surface area contributed by atoms with Crippen molar-refractivity contribution >= 4 is 28.9 Å². The molecule has 1 aromatic heterocycles. The first-order valence-corrected chi connectivity index (χ1v) is 9.39. The molecule has 3 amide bonds. The van der Waals surface area contributed by atoms with Crippen molar-refractivity contribution in [1.29, 1.82) is 0 Å². The average Bonchev–Trinajstić information content (AvgIpc) is 2.72. The Morgan fingerprint density at radius 1 is 1.19 bits per heavy atom. The second kappa shape index (κ2) is 10.3. The van der Waals surface area contributed by atoms with Crippen molar-refractivity contribution < 1.29 is 33.4 Å². The molecule has 0 unspecified atom stereocenters. The standard InChI is InChI=1S/C20H25N3O8/c1-10-11-7-15(29-2)16(30-3)9-14(11)31-19(27)12(10)8-17(24)23-13(18(25)26)5-4-6-22-20(21)28/h7,9,13H,4-6,8H2,1-3H3,(H,23,24)(H,25,26)(H3,21,22,28)/p-1/t13-/m0/s1. The number of hydrogen-bond donors (Lipinski definition) is 3. The molecule has 0 spiro atoms. The monoisotopic (exact) mass is 434 g/mol. The lowest BCUT2D eigenvalue weighted by atomic mass is 10.0. The van der Waals surface area contributed by atoms with Gasteiger partial charge in [-0.3, -0.25) is 4.79 Å². The second-order valence-electron chi connectivity index (χ2n) is 6.75. The van der Waals surface area contributed by atoms with Gasteiger partial charge < -0.3 is 40.2 Å². The molecule has 2 rings (SSSR count). The highest BCUT2D eigenvalue weighted by molar-refractivity contribution is 5.88. The molecule has 11 nitrogen and oxygen atoms in total. The van der Waals surface area contributed by atoms with Crippen LogP contribution in [0.5, 0.6) is 11.5 Å². The number of ether oxygens (including phenoxy) is 2. The van der Waals surface area contributed by atoms with Crippen LogP contribution in [0.25, 0.3) is 11.0 Å². The van der Waals surface area contributed by atoms with Crippen molar-refractivity contribution in [3.05, 3.63) is 33.7 Å². The summed E-state index contributed by atoms with van der Waals surface area (Å²) in [6.45, 7) is 1.80. The number of urea groups is 1. The highest BCUT2D eigenvalue weighted by Crippen LogP contribution is 2.33. The lowest BCUT2D eigenvalue weighted by Crippen LogP contribution is -2.48. The molecular weight excluding hydrogens is 410 g/mol. The first-order valence-electron chi connectivity index (χ1n) is 9.39. The molecule has 0 radical (unpaired) electrons. The maximum Gasteiger partial charge on any atom is 0.340 e. The van der Waals surface area contributed by atoms with Crippen molar-refractivity contribution in [3.63, 3.8) is 0 Å². The van der Waals surface area contributed by atoms with E-state index in [4.69, 9.17) is 19.6 Å². The van der Waals surface area contributed by atoms with E-state index in [9.17, 15) is 24.3 Å². The number of primary amides is 1. The van der Waals surface area contributed by atoms with Crippen LogP contribution in [0.4, 0.5) is 4.79 Å². The molecule has 0 fully saturated rings. The zero-order valence-corrected chi connectivity index (χ0v) is 17.4. The van der Waals surface area contributed by atoms with E-state index in [1.807, 2.05) is 0 Å². The van der Waals surface area contributed by atoms with Gasteiger partial charge in [0.05, 0.1) is 38.2 Å². The minimum absolute atomic E-state index is 0.0106. The number of carbonyl (C=O) groups excluding carboxylic acids is 3. The van der Waals surface area contributed by atoms with Crippen LogP contribution in [-0.2, 0) is 16.0 Å². The van der Waals surface area contributed by atoms with Crippen LogP contribution in [0, 0.1) is 6.92 Å². The number of aryl methyl sites for hydroxylation is 1. The predicted octanol–water partition coefficient (Wildman–Crippen LogP) is -0.656. The number of carboxylic acids is 1. The van der Waals surface area contributed by atoms with Crippen LogP contribution in [0.2, 0.25) is 0 Å². The zero-order valence-electron chi connectivity index (χ0n) is 17.4. The largest absolute Gasteiger partial charge is 0.548 e. The van der Waals surface area contributed by atoms with Gasteiger partial charge in [0.15, 0.2) is 11.5 Å². The minimum Gasteiger partial charge on any atom is -0.548 e. The van der Waals surface area contributed by atoms with Gasteiger partial charge >= 0.3 is 11.7 Å². The molecule has 11 heteroatoms. The van der Waals surface area contributed by atoms with E-state index in [-0.39, 0.29) is 37.0 Å².